The lowest BCUT2D eigenvalue weighted by molar-refractivity contribution is -0.118. The fourth-order valence-corrected chi connectivity index (χ4v) is 1.66. The molecule has 0 saturated heterocycles. The second-order valence-corrected chi connectivity index (χ2v) is 4.22. The molecule has 16 heavy (non-hydrogen) atoms. The van der Waals surface area contributed by atoms with Gasteiger partial charge in [0.15, 0.2) is 0 Å². The van der Waals surface area contributed by atoms with Crippen LogP contribution in [0.1, 0.15) is 18.9 Å². The van der Waals surface area contributed by atoms with Gasteiger partial charge in [-0.25, -0.2) is 0 Å². The van der Waals surface area contributed by atoms with Gasteiger partial charge in [-0.3, -0.25) is 4.79 Å². The molecular weight excluding hydrogens is 270 g/mol. The van der Waals surface area contributed by atoms with Crippen LogP contribution in [0.25, 0.3) is 0 Å². The predicted molar refractivity (Wildman–Crippen MR) is 65.8 cm³/mol. The Bertz CT molecular complexity index is 439. The zero-order valence-electron chi connectivity index (χ0n) is 8.83. The van der Waals surface area contributed by atoms with Crippen LogP contribution in [0, 0.1) is 11.3 Å². The van der Waals surface area contributed by atoms with Crippen molar-refractivity contribution < 1.29 is 4.79 Å². The van der Waals surface area contributed by atoms with Crippen LogP contribution in [0.3, 0.4) is 0 Å². The number of hydrogen-bond donors (Lipinski definition) is 2. The number of nitrogens with zero attached hydrogens (tertiary/aromatic N) is 1. The minimum Gasteiger partial charge on any atom is -0.373 e. The van der Waals surface area contributed by atoms with Crippen molar-refractivity contribution in [2.75, 3.05) is 5.32 Å². The minimum atomic E-state index is -0.457. The monoisotopic (exact) mass is 281 g/mol. The Kier molecular flexibility index (Phi) is 4.32. The van der Waals surface area contributed by atoms with E-state index in [9.17, 15) is 4.79 Å². The minimum absolute atomic E-state index is 0.425. The van der Waals surface area contributed by atoms with Gasteiger partial charge in [0.2, 0.25) is 5.91 Å². The summed E-state index contributed by atoms with van der Waals surface area (Å²) in [4.78, 5) is 11.1. The number of primary amides is 1. The maximum atomic E-state index is 11.1. The molecule has 0 radical (unpaired) electrons. The number of nitrogens with one attached hydrogen (secondary N) is 1. The van der Waals surface area contributed by atoms with Gasteiger partial charge < -0.3 is 11.1 Å². The molecule has 0 aliphatic heterocycles. The summed E-state index contributed by atoms with van der Waals surface area (Å²) in [7, 11) is 0. The van der Waals surface area contributed by atoms with Crippen LogP contribution >= 0.6 is 15.9 Å². The van der Waals surface area contributed by atoms with Crippen molar-refractivity contribution in [3.8, 4) is 6.07 Å². The molecule has 0 fully saturated rings. The normalized spacial score (nSPS) is 11.6. The fourth-order valence-electron chi connectivity index (χ4n) is 1.30. The number of nitrogens with two attached hydrogens (primary N) is 1. The van der Waals surface area contributed by atoms with Crippen molar-refractivity contribution in [2.45, 2.75) is 19.4 Å². The molecule has 3 N–H and O–H groups in total. The third kappa shape index (κ3) is 2.97. The summed E-state index contributed by atoms with van der Waals surface area (Å²) in [5.41, 5.74) is 6.33. The predicted octanol–water partition coefficient (Wildman–Crippen LogP) is 2.00. The molecule has 1 rings (SSSR count). The average Bonchev–Trinajstić information content (AvgIpc) is 2.25. The van der Waals surface area contributed by atoms with E-state index in [4.69, 9.17) is 11.0 Å². The van der Waals surface area contributed by atoms with Crippen LogP contribution in [-0.2, 0) is 4.79 Å². The lowest BCUT2D eigenvalue weighted by atomic mass is 10.1. The van der Waals surface area contributed by atoms with Gasteiger partial charge >= 0.3 is 0 Å². The zero-order chi connectivity index (χ0) is 12.1. The molecule has 0 bridgehead atoms. The fraction of sp³-hybridized carbons (Fsp3) is 0.273. The molecule has 1 atom stereocenters. The Morgan fingerprint density at radius 2 is 2.38 bits per heavy atom. The second kappa shape index (κ2) is 5.52. The Morgan fingerprint density at radius 1 is 1.69 bits per heavy atom. The van der Waals surface area contributed by atoms with E-state index < -0.39 is 11.9 Å². The summed E-state index contributed by atoms with van der Waals surface area (Å²) in [6.45, 7) is 1.85. The van der Waals surface area contributed by atoms with Crippen molar-refractivity contribution in [3.63, 3.8) is 0 Å². The largest absolute Gasteiger partial charge is 0.373 e. The molecule has 0 aliphatic rings. The van der Waals surface area contributed by atoms with Crippen LogP contribution in [0.2, 0.25) is 0 Å². The Balaban J connectivity index is 2.99. The molecule has 5 heteroatoms. The number of amides is 1. The van der Waals surface area contributed by atoms with E-state index in [-0.39, 0.29) is 0 Å². The first-order valence-electron chi connectivity index (χ1n) is 4.84. The summed E-state index contributed by atoms with van der Waals surface area (Å²) in [6.07, 6.45) is 0.576. The summed E-state index contributed by atoms with van der Waals surface area (Å²) in [6, 6.07) is 6.81. The van der Waals surface area contributed by atoms with Crippen molar-refractivity contribution >= 4 is 27.5 Å². The highest BCUT2D eigenvalue weighted by Gasteiger charge is 2.14. The zero-order valence-corrected chi connectivity index (χ0v) is 10.4. The number of nitriles is 1. The van der Waals surface area contributed by atoms with E-state index in [0.717, 1.165) is 4.47 Å². The van der Waals surface area contributed by atoms with Gasteiger partial charge in [-0.15, -0.1) is 0 Å². The molecule has 0 aliphatic carbocycles. The summed E-state index contributed by atoms with van der Waals surface area (Å²) < 4.78 is 0.841. The molecule has 1 aromatic rings. The molecule has 0 saturated carbocycles. The standard InChI is InChI=1S/C11H12BrN3O/c1-2-9(11(14)16)15-10-5-8(12)4-3-7(10)6-13/h3-5,9,15H,2H2,1H3,(H2,14,16). The topological polar surface area (TPSA) is 78.9 Å². The third-order valence-electron chi connectivity index (χ3n) is 2.18. The highest BCUT2D eigenvalue weighted by Crippen LogP contribution is 2.21. The van der Waals surface area contributed by atoms with Gasteiger partial charge in [0.05, 0.1) is 11.3 Å². The Hall–Kier alpha value is -1.54. The number of carbonyl (C=O) groups excluding carboxylic acids is 1. The first-order chi connectivity index (χ1) is 7.58. The molecule has 4 nitrogen and oxygen atoms in total. The van der Waals surface area contributed by atoms with E-state index >= 15 is 0 Å². The van der Waals surface area contributed by atoms with E-state index in [1.807, 2.05) is 6.92 Å². The van der Waals surface area contributed by atoms with Crippen molar-refractivity contribution in [3.05, 3.63) is 28.2 Å². The quantitative estimate of drug-likeness (QED) is 0.886. The number of hydrogen-bond acceptors (Lipinski definition) is 3. The molecule has 1 unspecified atom stereocenters. The third-order valence-corrected chi connectivity index (χ3v) is 2.68. The molecular formula is C11H12BrN3O. The van der Waals surface area contributed by atoms with Gasteiger partial charge in [-0.1, -0.05) is 22.9 Å². The molecule has 0 spiro atoms. The summed E-state index contributed by atoms with van der Waals surface area (Å²) in [5.74, 6) is -0.425. The van der Waals surface area contributed by atoms with E-state index in [0.29, 0.717) is 17.7 Å². The van der Waals surface area contributed by atoms with Gasteiger partial charge in [0, 0.05) is 4.47 Å². The van der Waals surface area contributed by atoms with Crippen LogP contribution in [0.4, 0.5) is 5.69 Å². The lowest BCUT2D eigenvalue weighted by Crippen LogP contribution is -2.34. The molecule has 0 heterocycles. The highest BCUT2D eigenvalue weighted by molar-refractivity contribution is 9.10. The van der Waals surface area contributed by atoms with Crippen molar-refractivity contribution in [1.82, 2.24) is 0 Å². The molecule has 0 aromatic heterocycles. The van der Waals surface area contributed by atoms with Gasteiger partial charge in [-0.2, -0.15) is 5.26 Å². The van der Waals surface area contributed by atoms with E-state index in [1.54, 1.807) is 18.2 Å². The van der Waals surface area contributed by atoms with Crippen LogP contribution in [0.15, 0.2) is 22.7 Å². The second-order valence-electron chi connectivity index (χ2n) is 3.31. The number of carbonyl (C=O) groups is 1. The smallest absolute Gasteiger partial charge is 0.239 e. The maximum Gasteiger partial charge on any atom is 0.239 e. The van der Waals surface area contributed by atoms with E-state index in [1.165, 1.54) is 0 Å². The Labute approximate surface area is 103 Å². The van der Waals surface area contributed by atoms with Gasteiger partial charge in [-0.05, 0) is 24.6 Å². The number of anilines is 1. The first-order valence-corrected chi connectivity index (χ1v) is 5.63. The average molecular weight is 282 g/mol. The van der Waals surface area contributed by atoms with Crippen molar-refractivity contribution in [2.24, 2.45) is 5.73 Å². The number of rotatable bonds is 4. The summed E-state index contributed by atoms with van der Waals surface area (Å²) in [5, 5.41) is 11.9. The van der Waals surface area contributed by atoms with Crippen molar-refractivity contribution in [1.29, 1.82) is 5.26 Å². The molecule has 1 amide bonds. The van der Waals surface area contributed by atoms with Gasteiger partial charge in [0.1, 0.15) is 12.1 Å². The van der Waals surface area contributed by atoms with Crippen LogP contribution in [0.5, 0.6) is 0 Å². The van der Waals surface area contributed by atoms with Gasteiger partial charge in [0.25, 0.3) is 0 Å². The van der Waals surface area contributed by atoms with Crippen LogP contribution in [-0.4, -0.2) is 11.9 Å². The maximum absolute atomic E-state index is 11.1. The number of benzene rings is 1. The van der Waals surface area contributed by atoms with E-state index in [2.05, 4.69) is 27.3 Å². The summed E-state index contributed by atoms with van der Waals surface area (Å²) >= 11 is 3.31. The number of halogens is 1. The molecule has 1 aromatic carbocycles. The highest BCUT2D eigenvalue weighted by atomic mass is 79.9. The van der Waals surface area contributed by atoms with Crippen LogP contribution < -0.4 is 11.1 Å². The first kappa shape index (κ1) is 12.5. The lowest BCUT2D eigenvalue weighted by Gasteiger charge is -2.15. The Morgan fingerprint density at radius 3 is 2.88 bits per heavy atom. The SMILES string of the molecule is CCC(Nc1cc(Br)ccc1C#N)C(N)=O. The molecule has 84 valence electrons.